The van der Waals surface area contributed by atoms with Crippen LogP contribution in [0.1, 0.15) is 0 Å². The van der Waals surface area contributed by atoms with E-state index in [1.807, 2.05) is 36.4 Å². The standard InChI is InChI=1S/C11H10OS/c1-12-10-4-2-9-7-11(13)5-3-8(9)6-10/h2-7,13H,1H3. The van der Waals surface area contributed by atoms with E-state index in [0.29, 0.717) is 0 Å². The van der Waals surface area contributed by atoms with Gasteiger partial charge in [0.15, 0.2) is 0 Å². The number of ether oxygens (including phenoxy) is 1. The van der Waals surface area contributed by atoms with Gasteiger partial charge >= 0.3 is 0 Å². The number of fused-ring (bicyclic) bond motifs is 1. The Bertz CT molecular complexity index is 437. The van der Waals surface area contributed by atoms with Gasteiger partial charge in [-0.3, -0.25) is 0 Å². The van der Waals surface area contributed by atoms with Crippen molar-refractivity contribution in [2.24, 2.45) is 0 Å². The fourth-order valence-electron chi connectivity index (χ4n) is 1.34. The van der Waals surface area contributed by atoms with Crippen LogP contribution in [0.15, 0.2) is 41.3 Å². The van der Waals surface area contributed by atoms with Crippen LogP contribution in [0.25, 0.3) is 10.8 Å². The molecule has 0 aliphatic rings. The van der Waals surface area contributed by atoms with Crippen molar-refractivity contribution in [1.29, 1.82) is 0 Å². The third kappa shape index (κ3) is 1.63. The van der Waals surface area contributed by atoms with Crippen LogP contribution >= 0.6 is 12.6 Å². The van der Waals surface area contributed by atoms with Gasteiger partial charge < -0.3 is 4.74 Å². The molecule has 0 saturated heterocycles. The largest absolute Gasteiger partial charge is 0.497 e. The van der Waals surface area contributed by atoms with Crippen molar-refractivity contribution in [2.45, 2.75) is 4.90 Å². The van der Waals surface area contributed by atoms with Crippen LogP contribution < -0.4 is 4.74 Å². The first-order chi connectivity index (χ1) is 6.29. The summed E-state index contributed by atoms with van der Waals surface area (Å²) in [4.78, 5) is 0.984. The Morgan fingerprint density at radius 1 is 1.00 bits per heavy atom. The molecule has 0 atom stereocenters. The molecule has 0 radical (unpaired) electrons. The molecule has 2 heteroatoms. The highest BCUT2D eigenvalue weighted by Gasteiger charge is 1.95. The molecular formula is C11H10OS. The zero-order valence-electron chi connectivity index (χ0n) is 7.32. The normalized spacial score (nSPS) is 10.3. The lowest BCUT2D eigenvalue weighted by Crippen LogP contribution is -1.81. The zero-order chi connectivity index (χ0) is 9.26. The van der Waals surface area contributed by atoms with Crippen LogP contribution in [0.3, 0.4) is 0 Å². The van der Waals surface area contributed by atoms with E-state index in [0.717, 1.165) is 10.6 Å². The number of benzene rings is 2. The van der Waals surface area contributed by atoms with Crippen LogP contribution in [-0.4, -0.2) is 7.11 Å². The number of thiol groups is 1. The molecule has 0 aromatic heterocycles. The molecule has 0 fully saturated rings. The van der Waals surface area contributed by atoms with E-state index in [9.17, 15) is 0 Å². The molecule has 0 unspecified atom stereocenters. The summed E-state index contributed by atoms with van der Waals surface area (Å²) in [6.07, 6.45) is 0. The van der Waals surface area contributed by atoms with Crippen LogP contribution in [-0.2, 0) is 0 Å². The first-order valence-electron chi connectivity index (χ1n) is 4.06. The van der Waals surface area contributed by atoms with Gasteiger partial charge in [0.05, 0.1) is 7.11 Å². The van der Waals surface area contributed by atoms with Crippen molar-refractivity contribution in [3.63, 3.8) is 0 Å². The lowest BCUT2D eigenvalue weighted by molar-refractivity contribution is 0.415. The average Bonchev–Trinajstić information content (AvgIpc) is 2.17. The predicted octanol–water partition coefficient (Wildman–Crippen LogP) is 3.14. The number of methoxy groups -OCH3 is 1. The summed E-state index contributed by atoms with van der Waals surface area (Å²) >= 11 is 4.28. The van der Waals surface area contributed by atoms with E-state index < -0.39 is 0 Å². The number of hydrogen-bond donors (Lipinski definition) is 1. The summed E-state index contributed by atoms with van der Waals surface area (Å²) in [6.45, 7) is 0. The van der Waals surface area contributed by atoms with Gasteiger partial charge in [0.2, 0.25) is 0 Å². The summed E-state index contributed by atoms with van der Waals surface area (Å²) in [5, 5.41) is 2.37. The lowest BCUT2D eigenvalue weighted by Gasteiger charge is -2.02. The SMILES string of the molecule is COc1ccc2cc(S)ccc2c1. The highest BCUT2D eigenvalue weighted by molar-refractivity contribution is 7.80. The van der Waals surface area contributed by atoms with E-state index in [2.05, 4.69) is 12.6 Å². The van der Waals surface area contributed by atoms with E-state index in [-0.39, 0.29) is 0 Å². The van der Waals surface area contributed by atoms with Crippen LogP contribution in [0.5, 0.6) is 5.75 Å². The van der Waals surface area contributed by atoms with Crippen molar-refractivity contribution < 1.29 is 4.74 Å². The molecule has 2 aromatic carbocycles. The zero-order valence-corrected chi connectivity index (χ0v) is 8.21. The Labute approximate surface area is 82.7 Å². The maximum absolute atomic E-state index is 5.13. The lowest BCUT2D eigenvalue weighted by atomic mass is 10.1. The van der Waals surface area contributed by atoms with Gasteiger partial charge in [-0.25, -0.2) is 0 Å². The molecule has 0 N–H and O–H groups in total. The van der Waals surface area contributed by atoms with Crippen molar-refractivity contribution in [2.75, 3.05) is 7.11 Å². The Kier molecular flexibility index (Phi) is 2.15. The summed E-state index contributed by atoms with van der Waals surface area (Å²) in [6, 6.07) is 12.1. The monoisotopic (exact) mass is 190 g/mol. The molecule has 0 bridgehead atoms. The smallest absolute Gasteiger partial charge is 0.119 e. The van der Waals surface area contributed by atoms with Gasteiger partial charge in [0.25, 0.3) is 0 Å². The van der Waals surface area contributed by atoms with E-state index >= 15 is 0 Å². The topological polar surface area (TPSA) is 9.23 Å². The molecule has 0 heterocycles. The fourth-order valence-corrected chi connectivity index (χ4v) is 1.55. The maximum Gasteiger partial charge on any atom is 0.119 e. The van der Waals surface area contributed by atoms with Gasteiger partial charge in [-0.15, -0.1) is 12.6 Å². The van der Waals surface area contributed by atoms with E-state index in [1.54, 1.807) is 7.11 Å². The van der Waals surface area contributed by atoms with Gasteiger partial charge in [0, 0.05) is 4.90 Å². The van der Waals surface area contributed by atoms with Crippen LogP contribution in [0.2, 0.25) is 0 Å². The second kappa shape index (κ2) is 3.30. The van der Waals surface area contributed by atoms with Gasteiger partial charge in [-0.2, -0.15) is 0 Å². The minimum Gasteiger partial charge on any atom is -0.497 e. The van der Waals surface area contributed by atoms with Crippen LogP contribution in [0, 0.1) is 0 Å². The summed E-state index contributed by atoms with van der Waals surface area (Å²) in [5.74, 6) is 0.888. The minimum atomic E-state index is 0.888. The Balaban J connectivity index is 2.66. The van der Waals surface area contributed by atoms with E-state index in [1.165, 1.54) is 10.8 Å². The molecule has 0 aliphatic heterocycles. The molecule has 0 amide bonds. The number of rotatable bonds is 1. The Hall–Kier alpha value is -1.15. The van der Waals surface area contributed by atoms with Gasteiger partial charge in [-0.05, 0) is 35.0 Å². The molecule has 13 heavy (non-hydrogen) atoms. The predicted molar refractivity (Wildman–Crippen MR) is 57.8 cm³/mol. The van der Waals surface area contributed by atoms with Crippen molar-refractivity contribution in [1.82, 2.24) is 0 Å². The molecule has 2 rings (SSSR count). The quantitative estimate of drug-likeness (QED) is 0.680. The molecule has 2 aromatic rings. The van der Waals surface area contributed by atoms with Crippen molar-refractivity contribution >= 4 is 23.4 Å². The Morgan fingerprint density at radius 3 is 2.46 bits per heavy atom. The maximum atomic E-state index is 5.13. The molecule has 66 valence electrons. The van der Waals surface area contributed by atoms with Gasteiger partial charge in [0.1, 0.15) is 5.75 Å². The van der Waals surface area contributed by atoms with Gasteiger partial charge in [-0.1, -0.05) is 12.1 Å². The Morgan fingerprint density at radius 2 is 1.69 bits per heavy atom. The summed E-state index contributed by atoms with van der Waals surface area (Å²) in [5.41, 5.74) is 0. The second-order valence-corrected chi connectivity index (χ2v) is 3.41. The van der Waals surface area contributed by atoms with Crippen molar-refractivity contribution in [3.05, 3.63) is 36.4 Å². The molecule has 1 nitrogen and oxygen atoms in total. The van der Waals surface area contributed by atoms with Crippen LogP contribution in [0.4, 0.5) is 0 Å². The first kappa shape index (κ1) is 8.45. The fraction of sp³-hybridized carbons (Fsp3) is 0.0909. The molecule has 0 spiro atoms. The number of hydrogen-bond acceptors (Lipinski definition) is 2. The summed E-state index contributed by atoms with van der Waals surface area (Å²) in [7, 11) is 1.67. The molecule has 0 aliphatic carbocycles. The first-order valence-corrected chi connectivity index (χ1v) is 4.51. The minimum absolute atomic E-state index is 0.888. The van der Waals surface area contributed by atoms with Crippen molar-refractivity contribution in [3.8, 4) is 5.75 Å². The average molecular weight is 190 g/mol. The third-order valence-corrected chi connectivity index (χ3v) is 2.31. The highest BCUT2D eigenvalue weighted by atomic mass is 32.1. The van der Waals surface area contributed by atoms with E-state index in [4.69, 9.17) is 4.74 Å². The molecule has 0 saturated carbocycles. The highest BCUT2D eigenvalue weighted by Crippen LogP contribution is 2.22. The second-order valence-electron chi connectivity index (χ2n) is 2.90. The molecular weight excluding hydrogens is 180 g/mol. The summed E-state index contributed by atoms with van der Waals surface area (Å²) < 4.78 is 5.13. The third-order valence-electron chi connectivity index (χ3n) is 2.03.